The molecule has 0 unspecified atom stereocenters. The molecular weight excluding hydrogens is 370 g/mol. The molecule has 1 fully saturated rings. The van der Waals surface area contributed by atoms with Crippen molar-refractivity contribution >= 4 is 24.8 Å². The molecule has 1 aromatic carbocycles. The van der Waals surface area contributed by atoms with E-state index in [1.54, 1.807) is 14.2 Å². The van der Waals surface area contributed by atoms with E-state index in [4.69, 9.17) is 14.2 Å². The fourth-order valence-electron chi connectivity index (χ4n) is 3.80. The van der Waals surface area contributed by atoms with E-state index in [2.05, 4.69) is 52.3 Å². The van der Waals surface area contributed by atoms with E-state index < -0.39 is 8.07 Å². The third kappa shape index (κ3) is 5.35. The van der Waals surface area contributed by atoms with Crippen molar-refractivity contribution in [2.75, 3.05) is 38.8 Å². The van der Waals surface area contributed by atoms with Gasteiger partial charge in [0.2, 0.25) is 0 Å². The van der Waals surface area contributed by atoms with Crippen LogP contribution in [0.4, 0.5) is 5.69 Å². The summed E-state index contributed by atoms with van der Waals surface area (Å²) in [7, 11) is 2.40. The van der Waals surface area contributed by atoms with Crippen LogP contribution in [-0.2, 0) is 20.9 Å². The van der Waals surface area contributed by atoms with Gasteiger partial charge in [0, 0.05) is 53.6 Å². The molecule has 1 aromatic heterocycles. The normalized spacial score (nSPS) is 16.4. The first-order chi connectivity index (χ1) is 13.4. The van der Waals surface area contributed by atoms with Gasteiger partial charge in [0.1, 0.15) is 6.73 Å². The number of anilines is 1. The largest absolute Gasteiger partial charge is 0.371 e. The minimum absolute atomic E-state index is 0.0960. The van der Waals surface area contributed by atoms with Crippen LogP contribution in [0.3, 0.4) is 0 Å². The molecule has 6 nitrogen and oxygen atoms in total. The molecular formula is C21H35N3O3Si. The molecule has 1 aliphatic heterocycles. The highest BCUT2D eigenvalue weighted by atomic mass is 28.3. The molecule has 0 N–H and O–H groups in total. The van der Waals surface area contributed by atoms with Gasteiger partial charge in [-0.2, -0.15) is 0 Å². The van der Waals surface area contributed by atoms with Gasteiger partial charge in [0.05, 0.1) is 17.4 Å². The van der Waals surface area contributed by atoms with E-state index in [0.717, 1.165) is 43.6 Å². The summed E-state index contributed by atoms with van der Waals surface area (Å²) < 4.78 is 18.9. The smallest absolute Gasteiger partial charge is 0.159 e. The zero-order chi connectivity index (χ0) is 20.1. The quantitative estimate of drug-likeness (QED) is 0.356. The number of methoxy groups -OCH3 is 2. The molecule has 28 heavy (non-hydrogen) atoms. The number of ether oxygens (including phenoxy) is 3. The van der Waals surface area contributed by atoms with Gasteiger partial charge in [-0.1, -0.05) is 19.6 Å². The van der Waals surface area contributed by atoms with Crippen LogP contribution in [0, 0.1) is 5.92 Å². The van der Waals surface area contributed by atoms with Crippen LogP contribution in [-0.4, -0.2) is 57.8 Å². The lowest BCUT2D eigenvalue weighted by atomic mass is 9.95. The summed E-state index contributed by atoms with van der Waals surface area (Å²) >= 11 is 0. The van der Waals surface area contributed by atoms with Gasteiger partial charge in [-0.15, -0.1) is 0 Å². The minimum atomic E-state index is -1.05. The van der Waals surface area contributed by atoms with Gasteiger partial charge in [-0.3, -0.25) is 0 Å². The van der Waals surface area contributed by atoms with E-state index in [0.29, 0.717) is 12.6 Å². The Bertz CT molecular complexity index is 747. The van der Waals surface area contributed by atoms with Gasteiger partial charge in [0.15, 0.2) is 6.29 Å². The number of hydrogen-bond donors (Lipinski definition) is 0. The summed E-state index contributed by atoms with van der Waals surface area (Å²) in [5, 5.41) is 0. The van der Waals surface area contributed by atoms with E-state index >= 15 is 0 Å². The van der Waals surface area contributed by atoms with Crippen LogP contribution in [0.5, 0.6) is 0 Å². The first-order valence-corrected chi connectivity index (χ1v) is 13.9. The zero-order valence-electron chi connectivity index (χ0n) is 18.0. The standard InChI is InChI=1S/C21H35N3O3Si/c1-25-21(26-2)17-8-10-23(11-9-17)18-6-7-20-19(14-18)22-15-24(20)16-27-12-13-28(3,4)5/h6-7,14-15,17,21H,8-13,16H2,1-5H3. The van der Waals surface area contributed by atoms with E-state index in [1.807, 2.05) is 6.33 Å². The summed E-state index contributed by atoms with van der Waals surface area (Å²) in [6.45, 7) is 10.5. The molecule has 1 aliphatic rings. The average Bonchev–Trinajstić information content (AvgIpc) is 3.08. The minimum Gasteiger partial charge on any atom is -0.371 e. The van der Waals surface area contributed by atoms with Crippen molar-refractivity contribution < 1.29 is 14.2 Å². The first kappa shape index (κ1) is 21.3. The average molecular weight is 406 g/mol. The van der Waals surface area contributed by atoms with Crippen molar-refractivity contribution in [2.45, 2.75) is 51.5 Å². The molecule has 0 bridgehead atoms. The fraction of sp³-hybridized carbons (Fsp3) is 0.667. The Labute approximate surface area is 169 Å². The number of nitrogens with zero attached hydrogens (tertiary/aromatic N) is 3. The molecule has 3 rings (SSSR count). The van der Waals surface area contributed by atoms with Gasteiger partial charge in [0.25, 0.3) is 0 Å². The maximum atomic E-state index is 5.89. The SMILES string of the molecule is COC(OC)C1CCN(c2ccc3c(c2)ncn3COCC[Si](C)(C)C)CC1. The maximum absolute atomic E-state index is 5.89. The van der Waals surface area contributed by atoms with Gasteiger partial charge < -0.3 is 23.7 Å². The number of imidazole rings is 1. The fourth-order valence-corrected chi connectivity index (χ4v) is 4.56. The van der Waals surface area contributed by atoms with Gasteiger partial charge in [-0.25, -0.2) is 4.98 Å². The Balaban J connectivity index is 1.58. The van der Waals surface area contributed by atoms with Crippen LogP contribution in [0.1, 0.15) is 12.8 Å². The van der Waals surface area contributed by atoms with Crippen molar-refractivity contribution in [1.82, 2.24) is 9.55 Å². The third-order valence-corrected chi connectivity index (χ3v) is 7.29. The lowest BCUT2D eigenvalue weighted by Gasteiger charge is -2.36. The molecule has 0 amide bonds. The van der Waals surface area contributed by atoms with E-state index in [-0.39, 0.29) is 6.29 Å². The highest BCUT2D eigenvalue weighted by Crippen LogP contribution is 2.28. The maximum Gasteiger partial charge on any atom is 0.159 e. The summed E-state index contributed by atoms with van der Waals surface area (Å²) in [6.07, 6.45) is 3.94. The monoisotopic (exact) mass is 405 g/mol. The molecule has 7 heteroatoms. The van der Waals surface area contributed by atoms with Crippen LogP contribution < -0.4 is 4.90 Å². The Morgan fingerprint density at radius 2 is 1.86 bits per heavy atom. The Morgan fingerprint density at radius 3 is 2.50 bits per heavy atom. The topological polar surface area (TPSA) is 48.8 Å². The van der Waals surface area contributed by atoms with Crippen molar-refractivity contribution in [1.29, 1.82) is 0 Å². The van der Waals surface area contributed by atoms with Crippen LogP contribution in [0.15, 0.2) is 24.5 Å². The zero-order valence-corrected chi connectivity index (χ0v) is 19.0. The Kier molecular flexibility index (Phi) is 7.14. The molecule has 1 saturated heterocycles. The molecule has 156 valence electrons. The summed E-state index contributed by atoms with van der Waals surface area (Å²) in [5.41, 5.74) is 3.40. The lowest BCUT2D eigenvalue weighted by molar-refractivity contribution is -0.141. The van der Waals surface area contributed by atoms with E-state index in [1.165, 1.54) is 11.7 Å². The highest BCUT2D eigenvalue weighted by molar-refractivity contribution is 6.76. The van der Waals surface area contributed by atoms with Gasteiger partial charge >= 0.3 is 0 Å². The highest BCUT2D eigenvalue weighted by Gasteiger charge is 2.26. The Morgan fingerprint density at radius 1 is 1.14 bits per heavy atom. The molecule has 2 heterocycles. The summed E-state index contributed by atoms with van der Waals surface area (Å²) in [5.74, 6) is 0.461. The lowest BCUT2D eigenvalue weighted by Crippen LogP contribution is -2.39. The molecule has 0 aliphatic carbocycles. The van der Waals surface area contributed by atoms with Crippen LogP contribution in [0.25, 0.3) is 11.0 Å². The Hall–Kier alpha value is -1.41. The van der Waals surface area contributed by atoms with Crippen LogP contribution >= 0.6 is 0 Å². The van der Waals surface area contributed by atoms with Gasteiger partial charge in [-0.05, 0) is 37.1 Å². The molecule has 0 atom stereocenters. The molecule has 2 aromatic rings. The predicted molar refractivity (Wildman–Crippen MR) is 117 cm³/mol. The summed E-state index contributed by atoms with van der Waals surface area (Å²) in [6, 6.07) is 7.75. The van der Waals surface area contributed by atoms with Crippen molar-refractivity contribution in [2.24, 2.45) is 5.92 Å². The summed E-state index contributed by atoms with van der Waals surface area (Å²) in [4.78, 5) is 7.03. The molecule has 0 spiro atoms. The number of fused-ring (bicyclic) bond motifs is 1. The molecule has 0 radical (unpaired) electrons. The van der Waals surface area contributed by atoms with Crippen molar-refractivity contribution in [3.63, 3.8) is 0 Å². The second-order valence-corrected chi connectivity index (χ2v) is 14.5. The first-order valence-electron chi connectivity index (χ1n) is 10.2. The molecule has 0 saturated carbocycles. The number of aromatic nitrogens is 2. The van der Waals surface area contributed by atoms with E-state index in [9.17, 15) is 0 Å². The number of piperidine rings is 1. The number of benzene rings is 1. The third-order valence-electron chi connectivity index (χ3n) is 5.59. The predicted octanol–water partition coefficient (Wildman–Crippen LogP) is 4.18. The van der Waals surface area contributed by atoms with Crippen LogP contribution in [0.2, 0.25) is 25.7 Å². The van der Waals surface area contributed by atoms with Crippen molar-refractivity contribution in [3.05, 3.63) is 24.5 Å². The number of hydrogen-bond acceptors (Lipinski definition) is 5. The van der Waals surface area contributed by atoms with Crippen molar-refractivity contribution in [3.8, 4) is 0 Å². The second-order valence-electron chi connectivity index (χ2n) is 8.90. The second kappa shape index (κ2) is 9.39. The number of rotatable bonds is 9.